The lowest BCUT2D eigenvalue weighted by atomic mass is 9.88. The van der Waals surface area contributed by atoms with Crippen LogP contribution in [0.4, 0.5) is 5.69 Å². The van der Waals surface area contributed by atoms with Crippen LogP contribution in [0.3, 0.4) is 0 Å². The van der Waals surface area contributed by atoms with Gasteiger partial charge in [-0.3, -0.25) is 0 Å². The number of rotatable bonds is 7. The van der Waals surface area contributed by atoms with Crippen molar-refractivity contribution in [3.63, 3.8) is 0 Å². The van der Waals surface area contributed by atoms with Gasteiger partial charge in [0, 0.05) is 32.9 Å². The van der Waals surface area contributed by atoms with Crippen molar-refractivity contribution >= 4 is 11.3 Å². The van der Waals surface area contributed by atoms with Crippen LogP contribution < -0.4 is 5.73 Å². The third-order valence-corrected chi connectivity index (χ3v) is 3.77. The van der Waals surface area contributed by atoms with Gasteiger partial charge in [0.05, 0.1) is 13.2 Å². The maximum atomic E-state index is 6.01. The number of benzene rings is 1. The fraction of sp³-hybridized carbons (Fsp3) is 0.444. The first-order valence-corrected chi connectivity index (χ1v) is 7.53. The first-order chi connectivity index (χ1) is 10.7. The Morgan fingerprint density at radius 2 is 2.00 bits per heavy atom. The van der Waals surface area contributed by atoms with E-state index in [0.717, 1.165) is 18.5 Å². The summed E-state index contributed by atoms with van der Waals surface area (Å²) in [6.07, 6.45) is 8.00. The molecule has 1 heterocycles. The van der Waals surface area contributed by atoms with Crippen molar-refractivity contribution in [1.29, 1.82) is 0 Å². The predicted molar refractivity (Wildman–Crippen MR) is 89.6 cm³/mol. The number of nitrogen functional groups attached to an aromatic ring is 1. The molecule has 2 N–H and O–H groups in total. The van der Waals surface area contributed by atoms with Crippen molar-refractivity contribution in [2.24, 2.45) is 0 Å². The third-order valence-electron chi connectivity index (χ3n) is 3.77. The van der Waals surface area contributed by atoms with Crippen LogP contribution in [-0.2, 0) is 14.2 Å². The van der Waals surface area contributed by atoms with Crippen molar-refractivity contribution in [3.8, 4) is 0 Å². The van der Waals surface area contributed by atoms with Crippen LogP contribution in [0.5, 0.6) is 0 Å². The Morgan fingerprint density at radius 3 is 2.68 bits per heavy atom. The Balaban J connectivity index is 2.14. The van der Waals surface area contributed by atoms with Crippen molar-refractivity contribution in [2.75, 3.05) is 39.8 Å². The summed E-state index contributed by atoms with van der Waals surface area (Å²) in [4.78, 5) is 0. The molecule has 1 aromatic rings. The largest absolute Gasteiger partial charge is 0.399 e. The van der Waals surface area contributed by atoms with Crippen molar-refractivity contribution in [1.82, 2.24) is 0 Å². The first-order valence-electron chi connectivity index (χ1n) is 7.53. The van der Waals surface area contributed by atoms with Gasteiger partial charge < -0.3 is 19.9 Å². The molecule has 1 aliphatic heterocycles. The van der Waals surface area contributed by atoms with Crippen LogP contribution in [0.2, 0.25) is 0 Å². The fourth-order valence-corrected chi connectivity index (χ4v) is 2.65. The molecule has 120 valence electrons. The normalized spacial score (nSPS) is 22.0. The SMILES string of the molecule is COCC/C=C\[C@]1(COC)CC(c2ccc(N)cc2)=CCO1. The summed E-state index contributed by atoms with van der Waals surface area (Å²) in [6.45, 7) is 1.82. The molecule has 4 heteroatoms. The lowest BCUT2D eigenvalue weighted by molar-refractivity contribution is -0.0467. The molecule has 0 spiro atoms. The topological polar surface area (TPSA) is 53.7 Å². The Labute approximate surface area is 132 Å². The molecule has 0 aromatic heterocycles. The molecule has 1 aromatic carbocycles. The lowest BCUT2D eigenvalue weighted by Gasteiger charge is -2.34. The second kappa shape index (κ2) is 8.13. The van der Waals surface area contributed by atoms with Crippen LogP contribution in [0.15, 0.2) is 42.5 Å². The molecule has 1 atom stereocenters. The molecule has 0 saturated heterocycles. The molecule has 0 amide bonds. The molecule has 0 aliphatic carbocycles. The zero-order valence-electron chi connectivity index (χ0n) is 13.4. The minimum absolute atomic E-state index is 0.409. The highest BCUT2D eigenvalue weighted by atomic mass is 16.5. The number of nitrogens with two attached hydrogens (primary N) is 1. The smallest absolute Gasteiger partial charge is 0.114 e. The second-order valence-corrected chi connectivity index (χ2v) is 5.52. The average molecular weight is 303 g/mol. The second-order valence-electron chi connectivity index (χ2n) is 5.52. The monoisotopic (exact) mass is 303 g/mol. The standard InChI is InChI=1S/C18H25NO3/c1-20-11-4-3-10-18(14-21-2)13-16(9-12-22-18)15-5-7-17(19)8-6-15/h3,5-10H,4,11-14,19H2,1-2H3/b10-3-/t18-/m1/s1. The van der Waals surface area contributed by atoms with Crippen molar-refractivity contribution < 1.29 is 14.2 Å². The van der Waals surface area contributed by atoms with E-state index in [-0.39, 0.29) is 0 Å². The van der Waals surface area contributed by atoms with Crippen molar-refractivity contribution in [3.05, 3.63) is 48.1 Å². The van der Waals surface area contributed by atoms with Crippen LogP contribution in [0, 0.1) is 0 Å². The van der Waals surface area contributed by atoms with Crippen molar-refractivity contribution in [2.45, 2.75) is 18.4 Å². The quantitative estimate of drug-likeness (QED) is 0.478. The van der Waals surface area contributed by atoms with E-state index in [1.54, 1.807) is 14.2 Å². The van der Waals surface area contributed by atoms with Gasteiger partial charge in [0.1, 0.15) is 5.60 Å². The molecule has 22 heavy (non-hydrogen) atoms. The predicted octanol–water partition coefficient (Wildman–Crippen LogP) is 3.05. The minimum Gasteiger partial charge on any atom is -0.399 e. The summed E-state index contributed by atoms with van der Waals surface area (Å²) in [5, 5.41) is 0. The molecular weight excluding hydrogens is 278 g/mol. The van der Waals surface area contributed by atoms with Crippen LogP contribution in [0.25, 0.3) is 5.57 Å². The first kappa shape index (κ1) is 16.7. The maximum Gasteiger partial charge on any atom is 0.114 e. The Morgan fingerprint density at radius 1 is 1.23 bits per heavy atom. The Hall–Kier alpha value is -1.62. The van der Waals surface area contributed by atoms with E-state index < -0.39 is 5.60 Å². The zero-order chi connectivity index (χ0) is 15.8. The molecule has 0 bridgehead atoms. The molecule has 2 rings (SSSR count). The third kappa shape index (κ3) is 4.44. The lowest BCUT2D eigenvalue weighted by Crippen LogP contribution is -2.38. The Kier molecular flexibility index (Phi) is 6.19. The van der Waals surface area contributed by atoms with E-state index in [2.05, 4.69) is 30.4 Å². The zero-order valence-corrected chi connectivity index (χ0v) is 13.4. The van der Waals surface area contributed by atoms with Gasteiger partial charge in [0.25, 0.3) is 0 Å². The van der Waals surface area contributed by atoms with E-state index >= 15 is 0 Å². The molecule has 1 aliphatic rings. The number of methoxy groups -OCH3 is 2. The van der Waals surface area contributed by atoms with Gasteiger partial charge >= 0.3 is 0 Å². The van der Waals surface area contributed by atoms with Gasteiger partial charge in [-0.05, 0) is 29.7 Å². The van der Waals surface area contributed by atoms with E-state index in [4.69, 9.17) is 19.9 Å². The highest BCUT2D eigenvalue weighted by Gasteiger charge is 2.32. The van der Waals surface area contributed by atoms with Gasteiger partial charge in [-0.2, -0.15) is 0 Å². The van der Waals surface area contributed by atoms with E-state index in [1.165, 1.54) is 11.1 Å². The highest BCUT2D eigenvalue weighted by molar-refractivity contribution is 5.68. The number of hydrogen-bond acceptors (Lipinski definition) is 4. The van der Waals surface area contributed by atoms with Gasteiger partial charge in [-0.25, -0.2) is 0 Å². The number of anilines is 1. The van der Waals surface area contributed by atoms with Gasteiger partial charge in [-0.1, -0.05) is 30.4 Å². The number of hydrogen-bond donors (Lipinski definition) is 1. The fourth-order valence-electron chi connectivity index (χ4n) is 2.65. The molecular formula is C18H25NO3. The molecule has 0 saturated carbocycles. The summed E-state index contributed by atoms with van der Waals surface area (Å²) in [6, 6.07) is 7.97. The van der Waals surface area contributed by atoms with E-state index in [1.807, 2.05) is 12.1 Å². The van der Waals surface area contributed by atoms with Gasteiger partial charge in [-0.15, -0.1) is 0 Å². The highest BCUT2D eigenvalue weighted by Crippen LogP contribution is 2.33. The van der Waals surface area contributed by atoms with Gasteiger partial charge in [0.15, 0.2) is 0 Å². The molecule has 0 unspecified atom stereocenters. The van der Waals surface area contributed by atoms with Crippen LogP contribution in [-0.4, -0.2) is 39.6 Å². The minimum atomic E-state index is -0.409. The average Bonchev–Trinajstić information content (AvgIpc) is 2.53. The van der Waals surface area contributed by atoms with E-state index in [9.17, 15) is 0 Å². The molecule has 4 nitrogen and oxygen atoms in total. The van der Waals surface area contributed by atoms with Gasteiger partial charge in [0.2, 0.25) is 0 Å². The number of ether oxygens (including phenoxy) is 3. The maximum absolute atomic E-state index is 6.01. The summed E-state index contributed by atoms with van der Waals surface area (Å²) < 4.78 is 16.5. The summed E-state index contributed by atoms with van der Waals surface area (Å²) in [7, 11) is 3.41. The van der Waals surface area contributed by atoms with E-state index in [0.29, 0.717) is 19.8 Å². The summed E-state index contributed by atoms with van der Waals surface area (Å²) in [5.41, 5.74) is 8.58. The van der Waals surface area contributed by atoms with Crippen LogP contribution >= 0.6 is 0 Å². The summed E-state index contributed by atoms with van der Waals surface area (Å²) in [5.74, 6) is 0. The summed E-state index contributed by atoms with van der Waals surface area (Å²) >= 11 is 0. The molecule has 0 fully saturated rings. The Bertz CT molecular complexity index is 522. The van der Waals surface area contributed by atoms with Crippen LogP contribution in [0.1, 0.15) is 18.4 Å². The molecule has 0 radical (unpaired) electrons.